The van der Waals surface area contributed by atoms with Crippen molar-refractivity contribution in [1.82, 2.24) is 10.3 Å². The van der Waals surface area contributed by atoms with Crippen molar-refractivity contribution in [3.63, 3.8) is 0 Å². The fourth-order valence-electron chi connectivity index (χ4n) is 1.23. The predicted molar refractivity (Wildman–Crippen MR) is 59.7 cm³/mol. The Morgan fingerprint density at radius 3 is 2.58 bits per heavy atom. The average molecular weight is 278 g/mol. The molecule has 1 aromatic rings. The van der Waals surface area contributed by atoms with E-state index < -0.39 is 17.7 Å². The van der Waals surface area contributed by atoms with Gasteiger partial charge in [0.15, 0.2) is 0 Å². The number of alkyl halides is 3. The summed E-state index contributed by atoms with van der Waals surface area (Å²) in [6, 6.07) is 4.55. The molecule has 0 aliphatic carbocycles. The monoisotopic (exact) mass is 278 g/mol. The first-order valence-corrected chi connectivity index (χ1v) is 5.26. The van der Waals surface area contributed by atoms with Gasteiger partial charge >= 0.3 is 12.1 Å². The molecule has 0 fully saturated rings. The maximum atomic E-state index is 12.7. The molecule has 0 amide bonds. The SMILES string of the molecule is COc1cccc(CNC(C)(C(=O)O)C(F)(F)F)n1. The number of pyridine rings is 1. The first-order valence-electron chi connectivity index (χ1n) is 5.26. The smallest absolute Gasteiger partial charge is 0.417 e. The number of nitrogens with one attached hydrogen (secondary N) is 1. The van der Waals surface area contributed by atoms with Gasteiger partial charge in [-0.1, -0.05) is 6.07 Å². The molecular formula is C11H13F3N2O3. The van der Waals surface area contributed by atoms with Gasteiger partial charge in [0.25, 0.3) is 0 Å². The van der Waals surface area contributed by atoms with Gasteiger partial charge in [-0.15, -0.1) is 0 Å². The highest BCUT2D eigenvalue weighted by atomic mass is 19.4. The van der Waals surface area contributed by atoms with Crippen molar-refractivity contribution < 1.29 is 27.8 Å². The van der Waals surface area contributed by atoms with Crippen LogP contribution in [0.15, 0.2) is 18.2 Å². The summed E-state index contributed by atoms with van der Waals surface area (Å²) in [5.74, 6) is -1.76. The van der Waals surface area contributed by atoms with E-state index in [1.807, 2.05) is 5.32 Å². The second kappa shape index (κ2) is 5.43. The third-order valence-electron chi connectivity index (χ3n) is 2.61. The summed E-state index contributed by atoms with van der Waals surface area (Å²) < 4.78 is 43.0. The minimum atomic E-state index is -4.92. The molecule has 0 aliphatic heterocycles. The van der Waals surface area contributed by atoms with Gasteiger partial charge in [0.2, 0.25) is 11.4 Å². The molecule has 1 rings (SSSR count). The molecule has 0 saturated carbocycles. The van der Waals surface area contributed by atoms with E-state index in [-0.39, 0.29) is 18.1 Å². The standard InChI is InChI=1S/C11H13F3N2O3/c1-10(9(17)18,11(12,13)14)15-6-7-4-3-5-8(16-7)19-2/h3-5,15H,6H2,1-2H3,(H,17,18). The quantitative estimate of drug-likeness (QED) is 0.855. The van der Waals surface area contributed by atoms with Crippen LogP contribution in [0.3, 0.4) is 0 Å². The van der Waals surface area contributed by atoms with Crippen LogP contribution in [0, 0.1) is 0 Å². The van der Waals surface area contributed by atoms with Gasteiger partial charge in [-0.25, -0.2) is 9.78 Å². The molecule has 0 aliphatic rings. The van der Waals surface area contributed by atoms with Crippen molar-refractivity contribution in [1.29, 1.82) is 0 Å². The normalized spacial score (nSPS) is 14.8. The summed E-state index contributed by atoms with van der Waals surface area (Å²) >= 11 is 0. The van der Waals surface area contributed by atoms with E-state index in [0.29, 0.717) is 6.92 Å². The second-order valence-electron chi connectivity index (χ2n) is 3.95. The lowest BCUT2D eigenvalue weighted by atomic mass is 10.0. The Labute approximate surface area is 107 Å². The molecule has 8 heteroatoms. The lowest BCUT2D eigenvalue weighted by Crippen LogP contribution is -2.59. The largest absolute Gasteiger partial charge is 0.481 e. The van der Waals surface area contributed by atoms with Crippen molar-refractivity contribution in [3.05, 3.63) is 23.9 Å². The minimum absolute atomic E-state index is 0.239. The Morgan fingerprint density at radius 1 is 1.47 bits per heavy atom. The molecule has 1 atom stereocenters. The average Bonchev–Trinajstić information content (AvgIpc) is 2.34. The summed E-state index contributed by atoms with van der Waals surface area (Å²) in [5.41, 5.74) is -2.78. The van der Waals surface area contributed by atoms with Crippen LogP contribution in [0.1, 0.15) is 12.6 Å². The number of carboxylic acid groups (broad SMARTS) is 1. The second-order valence-corrected chi connectivity index (χ2v) is 3.95. The molecule has 0 aromatic carbocycles. The molecule has 19 heavy (non-hydrogen) atoms. The highest BCUT2D eigenvalue weighted by Gasteiger charge is 2.57. The van der Waals surface area contributed by atoms with Crippen LogP contribution >= 0.6 is 0 Å². The Hall–Kier alpha value is -1.83. The zero-order chi connectivity index (χ0) is 14.7. The number of rotatable bonds is 5. The van der Waals surface area contributed by atoms with E-state index >= 15 is 0 Å². The number of carboxylic acids is 1. The first-order chi connectivity index (χ1) is 8.70. The number of aromatic nitrogens is 1. The van der Waals surface area contributed by atoms with Crippen LogP contribution in [0.25, 0.3) is 0 Å². The first kappa shape index (κ1) is 15.2. The van der Waals surface area contributed by atoms with Crippen LogP contribution in [-0.4, -0.2) is 34.9 Å². The summed E-state index contributed by atoms with van der Waals surface area (Å²) in [6.45, 7) is 0.217. The van der Waals surface area contributed by atoms with E-state index in [2.05, 4.69) is 4.98 Å². The molecule has 5 nitrogen and oxygen atoms in total. The van der Waals surface area contributed by atoms with Gasteiger partial charge in [0, 0.05) is 12.6 Å². The van der Waals surface area contributed by atoms with Crippen LogP contribution in [0.5, 0.6) is 5.88 Å². The van der Waals surface area contributed by atoms with E-state index in [0.717, 1.165) is 0 Å². The number of nitrogens with zero attached hydrogens (tertiary/aromatic N) is 1. The molecule has 1 unspecified atom stereocenters. The molecule has 0 saturated heterocycles. The number of hydrogen-bond donors (Lipinski definition) is 2. The van der Waals surface area contributed by atoms with Crippen molar-refractivity contribution >= 4 is 5.97 Å². The van der Waals surface area contributed by atoms with E-state index in [9.17, 15) is 18.0 Å². The number of methoxy groups -OCH3 is 1. The van der Waals surface area contributed by atoms with Crippen molar-refractivity contribution in [3.8, 4) is 5.88 Å². The maximum Gasteiger partial charge on any atom is 0.417 e. The number of halogens is 3. The van der Waals surface area contributed by atoms with Gasteiger partial charge in [-0.05, 0) is 13.0 Å². The van der Waals surface area contributed by atoms with Gasteiger partial charge in [-0.2, -0.15) is 13.2 Å². The van der Waals surface area contributed by atoms with Gasteiger partial charge < -0.3 is 9.84 Å². The summed E-state index contributed by atoms with van der Waals surface area (Å²) in [7, 11) is 1.37. The van der Waals surface area contributed by atoms with Crippen LogP contribution in [-0.2, 0) is 11.3 Å². The fraction of sp³-hybridized carbons (Fsp3) is 0.455. The lowest BCUT2D eigenvalue weighted by Gasteiger charge is -2.28. The number of hydrogen-bond acceptors (Lipinski definition) is 4. The summed E-state index contributed by atoms with van der Waals surface area (Å²) in [4.78, 5) is 14.7. The third-order valence-corrected chi connectivity index (χ3v) is 2.61. The van der Waals surface area contributed by atoms with Gasteiger partial charge in [-0.3, -0.25) is 5.32 Å². The van der Waals surface area contributed by atoms with E-state index in [4.69, 9.17) is 9.84 Å². The van der Waals surface area contributed by atoms with Crippen molar-refractivity contribution in [2.24, 2.45) is 0 Å². The Morgan fingerprint density at radius 2 is 2.11 bits per heavy atom. The molecule has 0 radical (unpaired) electrons. The van der Waals surface area contributed by atoms with Crippen molar-refractivity contribution in [2.45, 2.75) is 25.2 Å². The zero-order valence-corrected chi connectivity index (χ0v) is 10.3. The fourth-order valence-corrected chi connectivity index (χ4v) is 1.23. The highest BCUT2D eigenvalue weighted by molar-refractivity contribution is 5.79. The number of carbonyl (C=O) groups is 1. The molecule has 0 spiro atoms. The minimum Gasteiger partial charge on any atom is -0.481 e. The Bertz CT molecular complexity index is 465. The van der Waals surface area contributed by atoms with Gasteiger partial charge in [0.1, 0.15) is 0 Å². The molecule has 0 bridgehead atoms. The van der Waals surface area contributed by atoms with Crippen LogP contribution < -0.4 is 10.1 Å². The molecule has 2 N–H and O–H groups in total. The maximum absolute atomic E-state index is 12.7. The number of aliphatic carboxylic acids is 1. The molecule has 106 valence electrons. The van der Waals surface area contributed by atoms with E-state index in [1.54, 1.807) is 6.07 Å². The highest BCUT2D eigenvalue weighted by Crippen LogP contribution is 2.30. The topological polar surface area (TPSA) is 71.5 Å². The van der Waals surface area contributed by atoms with Gasteiger partial charge in [0.05, 0.1) is 12.8 Å². The Kier molecular flexibility index (Phi) is 4.35. The predicted octanol–water partition coefficient (Wildman–Crippen LogP) is 1.59. The van der Waals surface area contributed by atoms with Crippen LogP contribution in [0.4, 0.5) is 13.2 Å². The molecule has 1 heterocycles. The molecular weight excluding hydrogens is 265 g/mol. The summed E-state index contributed by atoms with van der Waals surface area (Å²) in [6.07, 6.45) is -4.92. The third kappa shape index (κ3) is 3.34. The number of ether oxygens (including phenoxy) is 1. The van der Waals surface area contributed by atoms with Crippen LogP contribution in [0.2, 0.25) is 0 Å². The lowest BCUT2D eigenvalue weighted by molar-refractivity contribution is -0.206. The summed E-state index contributed by atoms with van der Waals surface area (Å²) in [5, 5.41) is 10.7. The van der Waals surface area contributed by atoms with Crippen molar-refractivity contribution in [2.75, 3.05) is 7.11 Å². The van der Waals surface area contributed by atoms with E-state index in [1.165, 1.54) is 19.2 Å². The zero-order valence-electron chi connectivity index (χ0n) is 10.3. The molecule has 1 aromatic heterocycles. The Balaban J connectivity index is 2.86.